The maximum absolute atomic E-state index is 4.54. The molecule has 4 heteroatoms. The average molecular weight is 298 g/mol. The van der Waals surface area contributed by atoms with Crippen LogP contribution in [-0.4, -0.2) is 16.3 Å². The Morgan fingerprint density at radius 1 is 1.59 bits per heavy atom. The number of aromatic nitrogens is 2. The van der Waals surface area contributed by atoms with E-state index in [9.17, 15) is 0 Å². The van der Waals surface area contributed by atoms with Crippen molar-refractivity contribution in [3.05, 3.63) is 16.4 Å². The molecule has 1 saturated carbocycles. The van der Waals surface area contributed by atoms with Gasteiger partial charge in [0.2, 0.25) is 0 Å². The molecule has 94 valence electrons. The fourth-order valence-corrected chi connectivity index (χ4v) is 3.92. The van der Waals surface area contributed by atoms with Crippen LogP contribution in [0.5, 0.6) is 0 Å². The number of nitrogens with zero attached hydrogens (tertiary/aromatic N) is 2. The minimum Gasteiger partial charge on any atom is -0.306 e. The minimum absolute atomic E-state index is 0.213. The SMILES string of the molecule is CCCn1ncc(Br)c1C1(C2CC2)CCCN1. The second-order valence-electron chi connectivity index (χ2n) is 5.34. The molecule has 0 bridgehead atoms. The van der Waals surface area contributed by atoms with Gasteiger partial charge >= 0.3 is 0 Å². The first-order valence-corrected chi connectivity index (χ1v) is 7.54. The summed E-state index contributed by atoms with van der Waals surface area (Å²) in [4.78, 5) is 0. The number of nitrogens with one attached hydrogen (secondary N) is 1. The first-order chi connectivity index (χ1) is 8.28. The summed E-state index contributed by atoms with van der Waals surface area (Å²) in [5, 5.41) is 8.32. The van der Waals surface area contributed by atoms with Crippen LogP contribution in [0.2, 0.25) is 0 Å². The van der Waals surface area contributed by atoms with Crippen molar-refractivity contribution in [2.24, 2.45) is 5.92 Å². The molecule has 2 aliphatic rings. The lowest BCUT2D eigenvalue weighted by molar-refractivity contribution is 0.304. The van der Waals surface area contributed by atoms with Crippen molar-refractivity contribution in [1.29, 1.82) is 0 Å². The van der Waals surface area contributed by atoms with E-state index < -0.39 is 0 Å². The molecule has 0 amide bonds. The monoisotopic (exact) mass is 297 g/mol. The van der Waals surface area contributed by atoms with Crippen molar-refractivity contribution in [3.63, 3.8) is 0 Å². The van der Waals surface area contributed by atoms with Crippen LogP contribution in [0.1, 0.15) is 44.7 Å². The summed E-state index contributed by atoms with van der Waals surface area (Å²) < 4.78 is 3.40. The van der Waals surface area contributed by atoms with Crippen molar-refractivity contribution in [1.82, 2.24) is 15.1 Å². The van der Waals surface area contributed by atoms with Gasteiger partial charge in [-0.05, 0) is 60.5 Å². The van der Waals surface area contributed by atoms with Crippen molar-refractivity contribution in [2.45, 2.75) is 51.1 Å². The molecule has 0 radical (unpaired) electrons. The lowest BCUT2D eigenvalue weighted by Gasteiger charge is -2.31. The lowest BCUT2D eigenvalue weighted by Crippen LogP contribution is -2.41. The fraction of sp³-hybridized carbons (Fsp3) is 0.769. The molecule has 0 aromatic carbocycles. The van der Waals surface area contributed by atoms with E-state index in [0.717, 1.165) is 25.4 Å². The average Bonchev–Trinajstić information content (AvgIpc) is 2.96. The molecule has 1 unspecified atom stereocenters. The Morgan fingerprint density at radius 2 is 2.41 bits per heavy atom. The molecule has 3 rings (SSSR count). The summed E-state index contributed by atoms with van der Waals surface area (Å²) in [6.45, 7) is 4.39. The summed E-state index contributed by atoms with van der Waals surface area (Å²) >= 11 is 3.71. The molecule has 1 atom stereocenters. The number of aryl methyl sites for hydroxylation is 1. The molecule has 1 N–H and O–H groups in total. The molecule has 1 saturated heterocycles. The van der Waals surface area contributed by atoms with Gasteiger partial charge in [-0.25, -0.2) is 0 Å². The van der Waals surface area contributed by atoms with Gasteiger partial charge in [-0.1, -0.05) is 6.92 Å². The van der Waals surface area contributed by atoms with E-state index in [1.165, 1.54) is 35.8 Å². The van der Waals surface area contributed by atoms with Crippen molar-refractivity contribution < 1.29 is 0 Å². The summed E-state index contributed by atoms with van der Waals surface area (Å²) in [7, 11) is 0. The van der Waals surface area contributed by atoms with Gasteiger partial charge in [0.25, 0.3) is 0 Å². The van der Waals surface area contributed by atoms with E-state index >= 15 is 0 Å². The zero-order valence-corrected chi connectivity index (χ0v) is 12.0. The van der Waals surface area contributed by atoms with Crippen LogP contribution in [0.25, 0.3) is 0 Å². The Morgan fingerprint density at radius 3 is 3.00 bits per heavy atom. The number of hydrogen-bond donors (Lipinski definition) is 1. The molecule has 2 heterocycles. The van der Waals surface area contributed by atoms with E-state index in [4.69, 9.17) is 0 Å². The van der Waals surface area contributed by atoms with Crippen LogP contribution in [0.3, 0.4) is 0 Å². The van der Waals surface area contributed by atoms with Gasteiger partial charge in [0, 0.05) is 6.54 Å². The molecule has 0 spiro atoms. The Labute approximate surface area is 111 Å². The minimum atomic E-state index is 0.213. The summed E-state index contributed by atoms with van der Waals surface area (Å²) in [6, 6.07) is 0. The molecule has 3 nitrogen and oxygen atoms in total. The number of halogens is 1. The topological polar surface area (TPSA) is 29.9 Å². The third kappa shape index (κ3) is 1.85. The van der Waals surface area contributed by atoms with E-state index in [1.54, 1.807) is 0 Å². The van der Waals surface area contributed by atoms with Crippen LogP contribution < -0.4 is 5.32 Å². The van der Waals surface area contributed by atoms with E-state index in [-0.39, 0.29) is 5.54 Å². The Kier molecular flexibility index (Phi) is 3.03. The van der Waals surface area contributed by atoms with E-state index in [1.807, 2.05) is 6.20 Å². The number of hydrogen-bond acceptors (Lipinski definition) is 2. The van der Waals surface area contributed by atoms with Gasteiger partial charge in [0.1, 0.15) is 0 Å². The van der Waals surface area contributed by atoms with Crippen LogP contribution in [0, 0.1) is 5.92 Å². The van der Waals surface area contributed by atoms with Gasteiger partial charge in [-0.2, -0.15) is 5.10 Å². The van der Waals surface area contributed by atoms with Gasteiger partial charge < -0.3 is 5.32 Å². The maximum atomic E-state index is 4.54. The smallest absolute Gasteiger partial charge is 0.0729 e. The summed E-state index contributed by atoms with van der Waals surface area (Å²) in [5.74, 6) is 0.827. The highest BCUT2D eigenvalue weighted by Gasteiger charge is 2.50. The molecular weight excluding hydrogens is 278 g/mol. The Bertz CT molecular complexity index is 403. The van der Waals surface area contributed by atoms with Crippen LogP contribution in [0.4, 0.5) is 0 Å². The molecule has 2 fully saturated rings. The second kappa shape index (κ2) is 4.39. The standard InChI is InChI=1S/C13H20BrN3/c1-2-8-17-12(11(14)9-16-17)13(10-4-5-10)6-3-7-15-13/h9-10,15H,2-8H2,1H3. The van der Waals surface area contributed by atoms with Gasteiger partial charge in [-0.15, -0.1) is 0 Å². The zero-order valence-electron chi connectivity index (χ0n) is 10.4. The molecule has 1 aliphatic heterocycles. The van der Waals surface area contributed by atoms with Crippen LogP contribution >= 0.6 is 15.9 Å². The lowest BCUT2D eigenvalue weighted by atomic mass is 9.87. The van der Waals surface area contributed by atoms with Crippen molar-refractivity contribution in [2.75, 3.05) is 6.54 Å². The Hall–Kier alpha value is -0.350. The van der Waals surface area contributed by atoms with Crippen LogP contribution in [-0.2, 0) is 12.1 Å². The highest BCUT2D eigenvalue weighted by molar-refractivity contribution is 9.10. The second-order valence-corrected chi connectivity index (χ2v) is 6.19. The molecule has 1 aliphatic carbocycles. The predicted octanol–water partition coefficient (Wildman–Crippen LogP) is 3.04. The van der Waals surface area contributed by atoms with Gasteiger partial charge in [-0.3, -0.25) is 4.68 Å². The van der Waals surface area contributed by atoms with Crippen LogP contribution in [0.15, 0.2) is 10.7 Å². The normalized spacial score (nSPS) is 28.8. The highest BCUT2D eigenvalue weighted by atomic mass is 79.9. The third-order valence-electron chi connectivity index (χ3n) is 4.12. The molecule has 17 heavy (non-hydrogen) atoms. The van der Waals surface area contributed by atoms with Gasteiger partial charge in [0.05, 0.1) is 21.9 Å². The molecule has 1 aromatic rings. The van der Waals surface area contributed by atoms with Crippen molar-refractivity contribution in [3.8, 4) is 0 Å². The maximum Gasteiger partial charge on any atom is 0.0729 e. The third-order valence-corrected chi connectivity index (χ3v) is 4.70. The van der Waals surface area contributed by atoms with E-state index in [2.05, 4.69) is 38.0 Å². The van der Waals surface area contributed by atoms with Crippen molar-refractivity contribution >= 4 is 15.9 Å². The van der Waals surface area contributed by atoms with Gasteiger partial charge in [0.15, 0.2) is 0 Å². The first-order valence-electron chi connectivity index (χ1n) is 6.75. The number of rotatable bonds is 4. The Balaban J connectivity index is 2.02. The highest BCUT2D eigenvalue weighted by Crippen LogP contribution is 2.51. The first kappa shape index (κ1) is 11.7. The zero-order chi connectivity index (χ0) is 11.9. The summed E-state index contributed by atoms with van der Waals surface area (Å²) in [6.07, 6.45) is 8.41. The molecule has 1 aromatic heterocycles. The van der Waals surface area contributed by atoms with E-state index in [0.29, 0.717) is 0 Å². The molecular formula is C13H20BrN3. The largest absolute Gasteiger partial charge is 0.306 e. The fourth-order valence-electron chi connectivity index (χ4n) is 3.27. The quantitative estimate of drug-likeness (QED) is 0.926. The summed E-state index contributed by atoms with van der Waals surface area (Å²) in [5.41, 5.74) is 1.61. The predicted molar refractivity (Wildman–Crippen MR) is 71.9 cm³/mol.